The van der Waals surface area contributed by atoms with Gasteiger partial charge in [-0.3, -0.25) is 0 Å². The Morgan fingerprint density at radius 2 is 2.26 bits per heavy atom. The van der Waals surface area contributed by atoms with Crippen molar-refractivity contribution in [3.05, 3.63) is 17.2 Å². The molecule has 104 valence electrons. The number of imidazole rings is 1. The van der Waals surface area contributed by atoms with Crippen LogP contribution in [0.2, 0.25) is 0 Å². The molecule has 0 bridgehead atoms. The van der Waals surface area contributed by atoms with Crippen LogP contribution in [0.15, 0.2) is 0 Å². The summed E-state index contributed by atoms with van der Waals surface area (Å²) in [5, 5.41) is 3.44. The van der Waals surface area contributed by atoms with Gasteiger partial charge >= 0.3 is 0 Å². The predicted octanol–water partition coefficient (Wildman–Crippen LogP) is 1.83. The van der Waals surface area contributed by atoms with Gasteiger partial charge in [-0.05, 0) is 25.7 Å². The Morgan fingerprint density at radius 1 is 1.32 bits per heavy atom. The quantitative estimate of drug-likeness (QED) is 0.902. The molecule has 0 spiro atoms. The second kappa shape index (κ2) is 4.91. The lowest BCUT2D eigenvalue weighted by molar-refractivity contribution is 0.0477. The van der Waals surface area contributed by atoms with E-state index in [1.807, 2.05) is 0 Å². The lowest BCUT2D eigenvalue weighted by atomic mass is 10.0. The number of rotatable bonds is 3. The number of nitrogens with one attached hydrogen (secondary N) is 1. The van der Waals surface area contributed by atoms with E-state index in [-0.39, 0.29) is 0 Å². The number of fused-ring (bicyclic) bond motifs is 1. The first-order valence-corrected chi connectivity index (χ1v) is 7.78. The number of hydrogen-bond acceptors (Lipinski definition) is 3. The highest BCUT2D eigenvalue weighted by Gasteiger charge is 2.32. The average molecular weight is 261 g/mol. The van der Waals surface area contributed by atoms with Crippen LogP contribution in [0.1, 0.15) is 48.8 Å². The van der Waals surface area contributed by atoms with Gasteiger partial charge in [-0.2, -0.15) is 0 Å². The van der Waals surface area contributed by atoms with E-state index in [1.54, 1.807) is 0 Å². The van der Waals surface area contributed by atoms with E-state index in [1.165, 1.54) is 42.9 Å². The lowest BCUT2D eigenvalue weighted by Gasteiger charge is -2.25. The van der Waals surface area contributed by atoms with Crippen molar-refractivity contribution < 1.29 is 4.74 Å². The van der Waals surface area contributed by atoms with Gasteiger partial charge in [0.05, 0.1) is 12.3 Å². The summed E-state index contributed by atoms with van der Waals surface area (Å²) in [6.45, 7) is 5.09. The van der Waals surface area contributed by atoms with E-state index in [2.05, 4.69) is 9.88 Å². The van der Waals surface area contributed by atoms with E-state index in [0.717, 1.165) is 45.2 Å². The maximum Gasteiger partial charge on any atom is 0.112 e. The van der Waals surface area contributed by atoms with Crippen LogP contribution in [-0.2, 0) is 24.2 Å². The zero-order valence-corrected chi connectivity index (χ0v) is 11.5. The van der Waals surface area contributed by atoms with Crippen molar-refractivity contribution in [2.45, 2.75) is 51.1 Å². The second-order valence-corrected chi connectivity index (χ2v) is 6.26. The molecule has 0 radical (unpaired) electrons. The number of ether oxygens (including phenoxy) is 1. The van der Waals surface area contributed by atoms with Gasteiger partial charge in [0, 0.05) is 50.2 Å². The van der Waals surface area contributed by atoms with Gasteiger partial charge in [0.15, 0.2) is 0 Å². The van der Waals surface area contributed by atoms with Crippen LogP contribution in [-0.4, -0.2) is 29.3 Å². The monoisotopic (exact) mass is 261 g/mol. The Hall–Kier alpha value is -0.870. The Bertz CT molecular complexity index is 458. The van der Waals surface area contributed by atoms with Crippen molar-refractivity contribution >= 4 is 0 Å². The molecule has 1 aliphatic carbocycles. The highest BCUT2D eigenvalue weighted by atomic mass is 16.5. The number of aromatic nitrogens is 2. The molecule has 4 rings (SSSR count). The Labute approximate surface area is 114 Å². The Kier molecular flexibility index (Phi) is 3.08. The van der Waals surface area contributed by atoms with Gasteiger partial charge in [-0.15, -0.1) is 0 Å². The fraction of sp³-hybridized carbons (Fsp3) is 0.800. The first-order chi connectivity index (χ1) is 9.42. The highest BCUT2D eigenvalue weighted by Crippen LogP contribution is 2.41. The maximum absolute atomic E-state index is 5.64. The lowest BCUT2D eigenvalue weighted by Crippen LogP contribution is -2.27. The molecule has 1 saturated carbocycles. The molecule has 1 saturated heterocycles. The summed E-state index contributed by atoms with van der Waals surface area (Å²) in [7, 11) is 0. The van der Waals surface area contributed by atoms with Crippen LogP contribution >= 0.6 is 0 Å². The third kappa shape index (κ3) is 2.32. The van der Waals surface area contributed by atoms with Gasteiger partial charge in [0.25, 0.3) is 0 Å². The molecular formula is C15H23N3O. The first kappa shape index (κ1) is 11.9. The molecule has 4 nitrogen and oxygen atoms in total. The number of nitrogens with zero attached hydrogens (tertiary/aromatic N) is 2. The fourth-order valence-electron chi connectivity index (χ4n) is 3.46. The van der Waals surface area contributed by atoms with Gasteiger partial charge in [0.1, 0.15) is 5.82 Å². The first-order valence-electron chi connectivity index (χ1n) is 7.78. The Balaban J connectivity index is 1.62. The van der Waals surface area contributed by atoms with Gasteiger partial charge in [-0.1, -0.05) is 0 Å². The molecule has 0 amide bonds. The third-order valence-corrected chi connectivity index (χ3v) is 4.65. The molecule has 2 aliphatic heterocycles. The molecule has 1 N–H and O–H groups in total. The van der Waals surface area contributed by atoms with Crippen LogP contribution in [0.4, 0.5) is 0 Å². The largest absolute Gasteiger partial charge is 0.381 e. The minimum atomic E-state index is 0.694. The summed E-state index contributed by atoms with van der Waals surface area (Å²) >= 11 is 0. The molecule has 3 heterocycles. The third-order valence-electron chi connectivity index (χ3n) is 4.65. The molecule has 1 unspecified atom stereocenters. The molecule has 3 aliphatic rings. The summed E-state index contributed by atoms with van der Waals surface area (Å²) in [6, 6.07) is 0. The summed E-state index contributed by atoms with van der Waals surface area (Å²) in [6.07, 6.45) is 6.36. The van der Waals surface area contributed by atoms with Crippen LogP contribution in [0.25, 0.3) is 0 Å². The van der Waals surface area contributed by atoms with Crippen molar-refractivity contribution in [1.82, 2.24) is 14.9 Å². The van der Waals surface area contributed by atoms with E-state index >= 15 is 0 Å². The van der Waals surface area contributed by atoms with Crippen LogP contribution < -0.4 is 5.32 Å². The van der Waals surface area contributed by atoms with Crippen molar-refractivity contribution in [2.75, 3.05) is 19.8 Å². The maximum atomic E-state index is 5.64. The molecular weight excluding hydrogens is 238 g/mol. The minimum Gasteiger partial charge on any atom is -0.381 e. The van der Waals surface area contributed by atoms with E-state index < -0.39 is 0 Å². The average Bonchev–Trinajstić information content (AvgIpc) is 3.24. The van der Waals surface area contributed by atoms with Gasteiger partial charge in [-0.25, -0.2) is 4.98 Å². The zero-order chi connectivity index (χ0) is 12.7. The van der Waals surface area contributed by atoms with E-state index in [0.29, 0.717) is 5.92 Å². The fourth-order valence-corrected chi connectivity index (χ4v) is 3.46. The standard InChI is InChI=1S/C15H23N3O/c1-2-11(10-19-7-1)9-18-14-5-6-16-8-13(14)17-15(18)12-3-4-12/h11-12,16H,1-10H2. The van der Waals surface area contributed by atoms with Crippen molar-refractivity contribution in [2.24, 2.45) is 5.92 Å². The van der Waals surface area contributed by atoms with Gasteiger partial charge in [0.2, 0.25) is 0 Å². The second-order valence-electron chi connectivity index (χ2n) is 6.26. The minimum absolute atomic E-state index is 0.694. The molecule has 0 aromatic carbocycles. The van der Waals surface area contributed by atoms with Crippen molar-refractivity contribution in [3.63, 3.8) is 0 Å². The number of hydrogen-bond donors (Lipinski definition) is 1. The smallest absolute Gasteiger partial charge is 0.112 e. The SMILES string of the molecule is C1COCC(Cn2c(C3CC3)nc3c2CCNC3)C1. The summed E-state index contributed by atoms with van der Waals surface area (Å²) in [5.74, 6) is 2.81. The predicted molar refractivity (Wildman–Crippen MR) is 73.2 cm³/mol. The van der Waals surface area contributed by atoms with Crippen LogP contribution in [0, 0.1) is 5.92 Å². The summed E-state index contributed by atoms with van der Waals surface area (Å²) in [5.41, 5.74) is 2.82. The van der Waals surface area contributed by atoms with Gasteiger partial charge < -0.3 is 14.6 Å². The molecule has 1 aromatic rings. The molecule has 2 fully saturated rings. The molecule has 1 aromatic heterocycles. The summed E-state index contributed by atoms with van der Waals surface area (Å²) in [4.78, 5) is 4.94. The van der Waals surface area contributed by atoms with Crippen molar-refractivity contribution in [1.29, 1.82) is 0 Å². The van der Waals surface area contributed by atoms with Crippen LogP contribution in [0.5, 0.6) is 0 Å². The normalized spacial score (nSPS) is 27.3. The highest BCUT2D eigenvalue weighted by molar-refractivity contribution is 5.24. The van der Waals surface area contributed by atoms with Crippen LogP contribution in [0.3, 0.4) is 0 Å². The van der Waals surface area contributed by atoms with E-state index in [4.69, 9.17) is 9.72 Å². The molecule has 4 heteroatoms. The Morgan fingerprint density at radius 3 is 3.05 bits per heavy atom. The topological polar surface area (TPSA) is 39.1 Å². The summed E-state index contributed by atoms with van der Waals surface area (Å²) < 4.78 is 8.21. The van der Waals surface area contributed by atoms with Crippen molar-refractivity contribution in [3.8, 4) is 0 Å². The molecule has 19 heavy (non-hydrogen) atoms. The molecule has 1 atom stereocenters. The zero-order valence-electron chi connectivity index (χ0n) is 11.5. The van der Waals surface area contributed by atoms with E-state index in [9.17, 15) is 0 Å².